The number of ether oxygens (including phenoxy) is 1. The molecule has 0 fully saturated rings. The fourth-order valence-electron chi connectivity index (χ4n) is 3.23. The number of H-pyrrole nitrogens is 1. The van der Waals surface area contributed by atoms with Gasteiger partial charge in [-0.05, 0) is 61.5 Å². The maximum absolute atomic E-state index is 13.0. The van der Waals surface area contributed by atoms with Gasteiger partial charge in [-0.1, -0.05) is 11.6 Å². The van der Waals surface area contributed by atoms with Gasteiger partial charge in [-0.15, -0.1) is 0 Å². The fraction of sp³-hybridized carbons (Fsp3) is 0.0909. The molecule has 1 aromatic heterocycles. The number of carbonyl (C=O) groups excluding carboxylic acids is 1. The lowest BCUT2D eigenvalue weighted by molar-refractivity contribution is -0.114. The molecule has 162 valence electrons. The molecule has 0 radical (unpaired) electrons. The molecule has 2 heterocycles. The Kier molecular flexibility index (Phi) is 5.41. The number of hydrogen-bond acceptors (Lipinski definition) is 6. The van der Waals surface area contributed by atoms with Crippen LogP contribution >= 0.6 is 11.6 Å². The van der Waals surface area contributed by atoms with Crippen LogP contribution in [0.5, 0.6) is 11.6 Å². The van der Waals surface area contributed by atoms with E-state index < -0.39 is 23.0 Å². The highest BCUT2D eigenvalue weighted by atomic mass is 35.5. The predicted octanol–water partition coefficient (Wildman–Crippen LogP) is 2.70. The number of carbonyl (C=O) groups is 1. The molecule has 0 atom stereocenters. The molecule has 0 aliphatic carbocycles. The summed E-state index contributed by atoms with van der Waals surface area (Å²) in [6.07, 6.45) is 1.21. The molecule has 2 N–H and O–H groups in total. The Morgan fingerprint density at radius 1 is 1.03 bits per heavy atom. The number of aromatic nitrogens is 2. The number of aromatic hydroxyl groups is 1. The van der Waals surface area contributed by atoms with Crippen LogP contribution in [-0.4, -0.2) is 33.4 Å². The van der Waals surface area contributed by atoms with Crippen molar-refractivity contribution >= 4 is 35.0 Å². The summed E-state index contributed by atoms with van der Waals surface area (Å²) in [5.41, 5.74) is -0.696. The van der Waals surface area contributed by atoms with Crippen LogP contribution in [0.15, 0.2) is 68.8 Å². The Morgan fingerprint density at radius 2 is 1.66 bits per heavy atom. The van der Waals surface area contributed by atoms with Crippen molar-refractivity contribution in [3.05, 3.63) is 85.5 Å². The highest BCUT2D eigenvalue weighted by molar-refractivity contribution is 6.32. The van der Waals surface area contributed by atoms with Crippen molar-refractivity contribution in [3.63, 3.8) is 0 Å². The minimum absolute atomic E-state index is 0.0999. The van der Waals surface area contributed by atoms with Crippen LogP contribution in [0.2, 0.25) is 5.02 Å². The molecule has 1 aliphatic rings. The van der Waals surface area contributed by atoms with Crippen molar-refractivity contribution < 1.29 is 14.6 Å². The van der Waals surface area contributed by atoms with E-state index >= 15 is 0 Å². The first-order valence-electron chi connectivity index (χ1n) is 9.40. The highest BCUT2D eigenvalue weighted by Crippen LogP contribution is 2.28. The topological polar surface area (TPSA) is 117 Å². The van der Waals surface area contributed by atoms with Gasteiger partial charge in [-0.3, -0.25) is 14.6 Å². The van der Waals surface area contributed by atoms with E-state index in [0.29, 0.717) is 22.2 Å². The molecule has 4 rings (SSSR count). The zero-order chi connectivity index (χ0) is 23.0. The first-order valence-corrected chi connectivity index (χ1v) is 9.78. The quantitative estimate of drug-likeness (QED) is 0.590. The predicted molar refractivity (Wildman–Crippen MR) is 121 cm³/mol. The van der Waals surface area contributed by atoms with Gasteiger partial charge < -0.3 is 9.84 Å². The monoisotopic (exact) mass is 452 g/mol. The van der Waals surface area contributed by atoms with Gasteiger partial charge in [-0.2, -0.15) is 10.1 Å². The zero-order valence-corrected chi connectivity index (χ0v) is 17.8. The molecule has 0 saturated heterocycles. The molecule has 0 saturated carbocycles. The lowest BCUT2D eigenvalue weighted by atomic mass is 10.1. The number of methoxy groups -OCH3 is 1. The second kappa shape index (κ2) is 8.20. The van der Waals surface area contributed by atoms with Gasteiger partial charge >= 0.3 is 5.69 Å². The number of hydrogen-bond donors (Lipinski definition) is 2. The summed E-state index contributed by atoms with van der Waals surface area (Å²) >= 11 is 5.88. The molecule has 1 amide bonds. The summed E-state index contributed by atoms with van der Waals surface area (Å²) in [6, 6.07) is 12.8. The van der Waals surface area contributed by atoms with Gasteiger partial charge in [0.1, 0.15) is 11.3 Å². The highest BCUT2D eigenvalue weighted by Gasteiger charge is 2.30. The van der Waals surface area contributed by atoms with Crippen molar-refractivity contribution in [2.45, 2.75) is 6.92 Å². The Bertz CT molecular complexity index is 1390. The van der Waals surface area contributed by atoms with E-state index in [1.54, 1.807) is 31.2 Å². The molecular formula is C22H17ClN4O5. The number of benzene rings is 2. The Morgan fingerprint density at radius 3 is 2.28 bits per heavy atom. The zero-order valence-electron chi connectivity index (χ0n) is 17.0. The van der Waals surface area contributed by atoms with Gasteiger partial charge in [0.15, 0.2) is 0 Å². The summed E-state index contributed by atoms with van der Waals surface area (Å²) in [5.74, 6) is -0.481. The number of rotatable bonds is 4. The van der Waals surface area contributed by atoms with Crippen LogP contribution in [0.1, 0.15) is 12.5 Å². The molecule has 3 aromatic rings. The molecule has 0 unspecified atom stereocenters. The largest absolute Gasteiger partial charge is 0.497 e. The second-order valence-electron chi connectivity index (χ2n) is 6.87. The van der Waals surface area contributed by atoms with Crippen LogP contribution in [0.25, 0.3) is 11.8 Å². The Labute approximate surface area is 186 Å². The number of nitrogens with one attached hydrogen (secondary N) is 1. The van der Waals surface area contributed by atoms with E-state index in [4.69, 9.17) is 16.3 Å². The first-order chi connectivity index (χ1) is 15.3. The minimum Gasteiger partial charge on any atom is -0.497 e. The van der Waals surface area contributed by atoms with Crippen LogP contribution in [0, 0.1) is 0 Å². The number of hydrazone groups is 1. The van der Waals surface area contributed by atoms with Crippen LogP contribution in [0.3, 0.4) is 0 Å². The molecule has 32 heavy (non-hydrogen) atoms. The first kappa shape index (κ1) is 21.1. The van der Waals surface area contributed by atoms with Gasteiger partial charge in [0.25, 0.3) is 11.5 Å². The average molecular weight is 453 g/mol. The van der Waals surface area contributed by atoms with Crippen molar-refractivity contribution in [3.8, 4) is 17.3 Å². The second-order valence-corrected chi connectivity index (χ2v) is 7.30. The van der Waals surface area contributed by atoms with Crippen molar-refractivity contribution in [2.75, 3.05) is 12.1 Å². The summed E-state index contributed by atoms with van der Waals surface area (Å²) in [6.45, 7) is 1.60. The molecular weight excluding hydrogens is 436 g/mol. The third-order valence-corrected chi connectivity index (χ3v) is 5.13. The third-order valence-electron chi connectivity index (χ3n) is 4.87. The number of aromatic amines is 1. The summed E-state index contributed by atoms with van der Waals surface area (Å²) in [7, 11) is 1.53. The van der Waals surface area contributed by atoms with Crippen LogP contribution < -0.4 is 21.0 Å². The average Bonchev–Trinajstić information content (AvgIpc) is 3.05. The van der Waals surface area contributed by atoms with E-state index in [9.17, 15) is 19.5 Å². The van der Waals surface area contributed by atoms with Crippen LogP contribution in [-0.2, 0) is 4.79 Å². The minimum atomic E-state index is -0.839. The van der Waals surface area contributed by atoms with Crippen molar-refractivity contribution in [2.24, 2.45) is 5.10 Å². The molecule has 0 spiro atoms. The third kappa shape index (κ3) is 3.69. The van der Waals surface area contributed by atoms with Gasteiger partial charge in [-0.25, -0.2) is 9.36 Å². The van der Waals surface area contributed by atoms with Crippen LogP contribution in [0.4, 0.5) is 5.69 Å². The summed E-state index contributed by atoms with van der Waals surface area (Å²) in [5, 5.41) is 16.6. The van der Waals surface area contributed by atoms with Gasteiger partial charge in [0.2, 0.25) is 5.88 Å². The SMILES string of the molecule is COc1ccc(N2N=C(C)C(=Cc3c(O)n(-c4ccc(Cl)cc4)c(=O)[nH]c3=O)C2=O)cc1. The lowest BCUT2D eigenvalue weighted by Gasteiger charge is -2.12. The van der Waals surface area contributed by atoms with E-state index in [1.807, 2.05) is 0 Å². The maximum atomic E-state index is 13.0. The molecule has 2 aromatic carbocycles. The smallest absolute Gasteiger partial charge is 0.335 e. The van der Waals surface area contributed by atoms with Gasteiger partial charge in [0.05, 0.1) is 29.8 Å². The molecule has 10 heteroatoms. The van der Waals surface area contributed by atoms with Crippen molar-refractivity contribution in [1.82, 2.24) is 9.55 Å². The normalized spacial score (nSPS) is 14.7. The standard InChI is InChI=1S/C22H17ClN4O5/c1-12-17(21(30)27(25-12)15-7-9-16(32-2)10-8-15)11-18-19(28)24-22(31)26(20(18)29)14-5-3-13(23)4-6-14/h3-11,29H,1-2H3,(H,24,28,31). The molecule has 9 nitrogen and oxygen atoms in total. The van der Waals surface area contributed by atoms with E-state index in [2.05, 4.69) is 10.1 Å². The van der Waals surface area contributed by atoms with Gasteiger partial charge in [0, 0.05) is 5.02 Å². The lowest BCUT2D eigenvalue weighted by Crippen LogP contribution is -2.30. The molecule has 1 aliphatic heterocycles. The molecule has 0 bridgehead atoms. The van der Waals surface area contributed by atoms with Crippen molar-refractivity contribution in [1.29, 1.82) is 0 Å². The number of anilines is 1. The number of halogens is 1. The number of nitrogens with zero attached hydrogens (tertiary/aromatic N) is 3. The Hall–Kier alpha value is -4.11. The van der Waals surface area contributed by atoms with E-state index in [1.165, 1.54) is 42.5 Å². The van der Waals surface area contributed by atoms with E-state index in [0.717, 1.165) is 4.57 Å². The maximum Gasteiger partial charge on any atom is 0.335 e. The summed E-state index contributed by atoms with van der Waals surface area (Å²) in [4.78, 5) is 39.9. The van der Waals surface area contributed by atoms with E-state index in [-0.39, 0.29) is 16.8 Å². The summed E-state index contributed by atoms with van der Waals surface area (Å²) < 4.78 is 6.03. The Balaban J connectivity index is 1.78. The fourth-order valence-corrected chi connectivity index (χ4v) is 3.35. The number of amides is 1.